The van der Waals surface area contributed by atoms with Crippen molar-refractivity contribution in [1.29, 1.82) is 0 Å². The van der Waals surface area contributed by atoms with Crippen molar-refractivity contribution in [1.82, 2.24) is 4.57 Å². The molecule has 3 aromatic carbocycles. The molecule has 0 fully saturated rings. The highest BCUT2D eigenvalue weighted by atomic mass is 32.1. The van der Waals surface area contributed by atoms with Gasteiger partial charge in [0.15, 0.2) is 4.80 Å². The van der Waals surface area contributed by atoms with Crippen LogP contribution >= 0.6 is 11.3 Å². The molecule has 188 valence electrons. The van der Waals surface area contributed by atoms with E-state index in [2.05, 4.69) is 73.4 Å². The van der Waals surface area contributed by atoms with Gasteiger partial charge in [-0.2, -0.15) is 0 Å². The fourth-order valence-corrected chi connectivity index (χ4v) is 5.51. The molecule has 0 bridgehead atoms. The number of allylic oxidation sites excluding steroid dienone is 1. The Hall–Kier alpha value is -3.70. The molecule has 0 spiro atoms. The number of hydrogen-bond donors (Lipinski definition) is 1. The standard InChI is InChI=1S/C32H33N3OS/c1-3-5-9-23-13-17-26(18-14-23)34-32-35(27-19-15-24(16-20-27)10-6-4-2)31(36)30(37-32)21-25-22-33-29-12-8-7-11-28(25)29/h7-8,11-22,36H,3-6,9-10H2,1-2H3/b25-21-,34-32?. The van der Waals surface area contributed by atoms with Crippen LogP contribution in [0, 0.1) is 0 Å². The number of unbranched alkanes of at least 4 members (excludes halogenated alkanes) is 2. The topological polar surface area (TPSA) is 49.9 Å². The molecule has 5 heteroatoms. The van der Waals surface area contributed by atoms with Gasteiger partial charge in [0, 0.05) is 17.4 Å². The minimum Gasteiger partial charge on any atom is -0.493 e. The summed E-state index contributed by atoms with van der Waals surface area (Å²) in [5.74, 6) is 0.190. The van der Waals surface area contributed by atoms with Crippen LogP contribution in [0.4, 0.5) is 11.4 Å². The van der Waals surface area contributed by atoms with Gasteiger partial charge in [-0.1, -0.05) is 80.5 Å². The molecule has 0 unspecified atom stereocenters. The van der Waals surface area contributed by atoms with Gasteiger partial charge in [-0.25, -0.2) is 4.99 Å². The van der Waals surface area contributed by atoms with E-state index in [0.717, 1.165) is 50.7 Å². The molecule has 1 N–H and O–H groups in total. The maximum absolute atomic E-state index is 11.4. The van der Waals surface area contributed by atoms with Gasteiger partial charge in [-0.05, 0) is 73.2 Å². The highest BCUT2D eigenvalue weighted by Gasteiger charge is 2.17. The highest BCUT2D eigenvalue weighted by molar-refractivity contribution is 7.10. The number of hydrogen-bond acceptors (Lipinski definition) is 4. The molecule has 0 amide bonds. The van der Waals surface area contributed by atoms with Crippen molar-refractivity contribution in [2.45, 2.75) is 52.4 Å². The van der Waals surface area contributed by atoms with Crippen LogP contribution < -0.4 is 4.80 Å². The molecule has 2 heterocycles. The van der Waals surface area contributed by atoms with Crippen molar-refractivity contribution in [3.8, 4) is 11.6 Å². The van der Waals surface area contributed by atoms with Crippen LogP contribution in [-0.4, -0.2) is 15.9 Å². The van der Waals surface area contributed by atoms with Crippen LogP contribution in [0.1, 0.15) is 61.1 Å². The smallest absolute Gasteiger partial charge is 0.215 e. The number of aryl methyl sites for hydroxylation is 2. The SMILES string of the molecule is CCCCc1ccc(N=c2sc(/C=C3/C=Nc4ccccc43)c(O)n2-c2ccc(CCCC)cc2)cc1. The zero-order chi connectivity index (χ0) is 25.6. The second-order valence-corrected chi connectivity index (χ2v) is 10.4. The average molecular weight is 508 g/mol. The van der Waals surface area contributed by atoms with E-state index in [-0.39, 0.29) is 5.88 Å². The molecule has 0 saturated carbocycles. The van der Waals surface area contributed by atoms with E-state index < -0.39 is 0 Å². The average Bonchev–Trinajstić information content (AvgIpc) is 3.48. The van der Waals surface area contributed by atoms with Crippen LogP contribution in [-0.2, 0) is 12.8 Å². The zero-order valence-corrected chi connectivity index (χ0v) is 22.3. The van der Waals surface area contributed by atoms with Gasteiger partial charge < -0.3 is 5.11 Å². The lowest BCUT2D eigenvalue weighted by molar-refractivity contribution is 0.439. The number of fused-ring (bicyclic) bond motifs is 1. The largest absolute Gasteiger partial charge is 0.493 e. The number of aromatic nitrogens is 1. The molecule has 0 radical (unpaired) electrons. The maximum atomic E-state index is 11.4. The number of nitrogens with zero attached hydrogens (tertiary/aromatic N) is 3. The third-order valence-corrected chi connectivity index (χ3v) is 7.64. The Balaban J connectivity index is 1.57. The Morgan fingerprint density at radius 3 is 2.19 bits per heavy atom. The van der Waals surface area contributed by atoms with Gasteiger partial charge in [0.05, 0.1) is 21.9 Å². The fourth-order valence-electron chi connectivity index (χ4n) is 4.51. The number of rotatable bonds is 9. The van der Waals surface area contributed by atoms with Crippen LogP contribution in [0.2, 0.25) is 0 Å². The number of thiazole rings is 1. The first-order valence-corrected chi connectivity index (χ1v) is 14.0. The Kier molecular flexibility index (Phi) is 7.81. The maximum Gasteiger partial charge on any atom is 0.215 e. The fraction of sp³-hybridized carbons (Fsp3) is 0.250. The molecule has 5 rings (SSSR count). The van der Waals surface area contributed by atoms with E-state index in [1.807, 2.05) is 35.1 Å². The van der Waals surface area contributed by atoms with Gasteiger partial charge in [-0.15, -0.1) is 0 Å². The molecule has 0 aliphatic carbocycles. The van der Waals surface area contributed by atoms with Crippen molar-refractivity contribution in [2.24, 2.45) is 9.98 Å². The molecule has 4 aromatic rings. The zero-order valence-electron chi connectivity index (χ0n) is 21.5. The van der Waals surface area contributed by atoms with E-state index in [4.69, 9.17) is 4.99 Å². The van der Waals surface area contributed by atoms with Crippen molar-refractivity contribution in [3.63, 3.8) is 0 Å². The summed E-state index contributed by atoms with van der Waals surface area (Å²) in [6.07, 6.45) is 10.7. The van der Waals surface area contributed by atoms with Gasteiger partial charge in [0.25, 0.3) is 0 Å². The minimum atomic E-state index is 0.190. The second-order valence-electron chi connectivity index (χ2n) is 9.43. The Labute approximate surface area is 223 Å². The molecule has 37 heavy (non-hydrogen) atoms. The summed E-state index contributed by atoms with van der Waals surface area (Å²) in [5, 5.41) is 11.4. The van der Waals surface area contributed by atoms with E-state index in [1.54, 1.807) is 0 Å². The predicted octanol–water partition coefficient (Wildman–Crippen LogP) is 8.42. The Morgan fingerprint density at radius 1 is 0.865 bits per heavy atom. The summed E-state index contributed by atoms with van der Waals surface area (Å²) in [5.41, 5.74) is 7.43. The molecule has 0 atom stereocenters. The summed E-state index contributed by atoms with van der Waals surface area (Å²) in [7, 11) is 0. The van der Waals surface area contributed by atoms with E-state index in [9.17, 15) is 5.11 Å². The monoisotopic (exact) mass is 507 g/mol. The van der Waals surface area contributed by atoms with Crippen LogP contribution in [0.15, 0.2) is 82.8 Å². The number of para-hydroxylation sites is 1. The molecule has 4 nitrogen and oxygen atoms in total. The normalized spacial score (nSPS) is 14.0. The van der Waals surface area contributed by atoms with Crippen LogP contribution in [0.25, 0.3) is 17.3 Å². The van der Waals surface area contributed by atoms with Crippen LogP contribution in [0.3, 0.4) is 0 Å². The molecule has 1 aliphatic rings. The summed E-state index contributed by atoms with van der Waals surface area (Å²) in [6, 6.07) is 25.0. The van der Waals surface area contributed by atoms with Gasteiger partial charge in [0.1, 0.15) is 0 Å². The van der Waals surface area contributed by atoms with Crippen LogP contribution in [0.5, 0.6) is 5.88 Å². The summed E-state index contributed by atoms with van der Waals surface area (Å²) < 4.78 is 1.85. The highest BCUT2D eigenvalue weighted by Crippen LogP contribution is 2.35. The second kappa shape index (κ2) is 11.6. The van der Waals surface area contributed by atoms with Crippen molar-refractivity contribution >= 4 is 40.6 Å². The third kappa shape index (κ3) is 5.67. The number of benzene rings is 3. The molecular formula is C32H33N3OS. The van der Waals surface area contributed by atoms with E-state index in [0.29, 0.717) is 0 Å². The lowest BCUT2D eigenvalue weighted by atomic mass is 10.1. The lowest BCUT2D eigenvalue weighted by Gasteiger charge is -2.07. The van der Waals surface area contributed by atoms with Crippen molar-refractivity contribution in [2.75, 3.05) is 0 Å². The quantitative estimate of drug-likeness (QED) is 0.243. The van der Waals surface area contributed by atoms with Crippen molar-refractivity contribution in [3.05, 3.63) is 99.2 Å². The third-order valence-electron chi connectivity index (χ3n) is 6.66. The summed E-state index contributed by atoms with van der Waals surface area (Å²) >= 11 is 1.48. The summed E-state index contributed by atoms with van der Waals surface area (Å²) in [4.78, 5) is 11.0. The number of aromatic hydroxyl groups is 1. The number of aliphatic imine (C=N–C) groups is 1. The van der Waals surface area contributed by atoms with Gasteiger partial charge >= 0.3 is 0 Å². The first-order valence-electron chi connectivity index (χ1n) is 13.2. The first kappa shape index (κ1) is 25.0. The molecule has 1 aromatic heterocycles. The van der Waals surface area contributed by atoms with Gasteiger partial charge in [-0.3, -0.25) is 9.56 Å². The molecule has 1 aliphatic heterocycles. The molecular weight excluding hydrogens is 474 g/mol. The Morgan fingerprint density at radius 2 is 1.51 bits per heavy atom. The van der Waals surface area contributed by atoms with Crippen molar-refractivity contribution < 1.29 is 5.11 Å². The minimum absolute atomic E-state index is 0.190. The predicted molar refractivity (Wildman–Crippen MR) is 157 cm³/mol. The lowest BCUT2D eigenvalue weighted by Crippen LogP contribution is -2.11. The Bertz CT molecular complexity index is 1490. The van der Waals surface area contributed by atoms with E-state index >= 15 is 0 Å². The summed E-state index contributed by atoms with van der Waals surface area (Å²) in [6.45, 7) is 4.42. The van der Waals surface area contributed by atoms with E-state index in [1.165, 1.54) is 48.1 Å². The van der Waals surface area contributed by atoms with Gasteiger partial charge in [0.2, 0.25) is 5.88 Å². The molecule has 0 saturated heterocycles. The first-order chi connectivity index (χ1) is 18.2.